The van der Waals surface area contributed by atoms with Crippen LogP contribution in [0.2, 0.25) is 0 Å². The number of amides is 4. The number of aliphatic carboxylic acids is 1. The average Bonchev–Trinajstić information content (AvgIpc) is 2.73. The first-order chi connectivity index (χ1) is 15.3. The van der Waals surface area contributed by atoms with Crippen LogP contribution in [0, 0.1) is 0 Å². The Labute approximate surface area is 191 Å². The number of nitrogens with one attached hydrogen (secondary N) is 4. The zero-order valence-electron chi connectivity index (χ0n) is 18.9. The SMILES string of the molecule is CC(N)C(=O)NC(C)C(=O)NC(C)C(=O)NC(Cc1ccc(O)cc1)C(=O)NC(C)C(=O)O. The fraction of sp³-hybridized carbons (Fsp3) is 0.476. The van der Waals surface area contributed by atoms with Gasteiger partial charge in [-0.05, 0) is 45.4 Å². The fourth-order valence-electron chi connectivity index (χ4n) is 2.56. The van der Waals surface area contributed by atoms with E-state index in [4.69, 9.17) is 10.8 Å². The second kappa shape index (κ2) is 12.4. The predicted molar refractivity (Wildman–Crippen MR) is 118 cm³/mol. The minimum Gasteiger partial charge on any atom is -0.508 e. The Bertz CT molecular complexity index is 872. The molecule has 0 heterocycles. The van der Waals surface area contributed by atoms with Gasteiger partial charge in [0.15, 0.2) is 0 Å². The van der Waals surface area contributed by atoms with E-state index in [0.717, 1.165) is 0 Å². The number of phenols is 1. The van der Waals surface area contributed by atoms with Crippen LogP contribution in [0.25, 0.3) is 0 Å². The van der Waals surface area contributed by atoms with E-state index in [0.29, 0.717) is 5.56 Å². The summed E-state index contributed by atoms with van der Waals surface area (Å²) in [4.78, 5) is 60.2. The molecular formula is C21H31N5O7. The molecule has 12 nitrogen and oxygen atoms in total. The monoisotopic (exact) mass is 465 g/mol. The molecule has 1 aromatic carbocycles. The zero-order chi connectivity index (χ0) is 25.3. The van der Waals surface area contributed by atoms with Gasteiger partial charge in [0.25, 0.3) is 0 Å². The maximum absolute atomic E-state index is 12.6. The number of carbonyl (C=O) groups excluding carboxylic acids is 4. The Hall–Kier alpha value is -3.67. The number of carboxylic acid groups (broad SMARTS) is 1. The van der Waals surface area contributed by atoms with E-state index in [1.54, 1.807) is 12.1 Å². The van der Waals surface area contributed by atoms with E-state index < -0.39 is 59.8 Å². The van der Waals surface area contributed by atoms with Crippen molar-refractivity contribution in [3.8, 4) is 5.75 Å². The quantitative estimate of drug-likeness (QED) is 0.202. The van der Waals surface area contributed by atoms with Crippen LogP contribution in [0.5, 0.6) is 5.75 Å². The summed E-state index contributed by atoms with van der Waals surface area (Å²) in [7, 11) is 0. The third-order valence-corrected chi connectivity index (χ3v) is 4.66. The number of carboxylic acids is 1. The second-order valence-corrected chi connectivity index (χ2v) is 7.75. The first kappa shape index (κ1) is 27.4. The van der Waals surface area contributed by atoms with Crippen LogP contribution in [-0.4, -0.2) is 70.0 Å². The van der Waals surface area contributed by atoms with Crippen LogP contribution in [0.3, 0.4) is 0 Å². The van der Waals surface area contributed by atoms with Gasteiger partial charge in [0, 0.05) is 6.42 Å². The van der Waals surface area contributed by atoms with Gasteiger partial charge in [-0.15, -0.1) is 0 Å². The molecule has 12 heteroatoms. The Morgan fingerprint density at radius 2 is 1.21 bits per heavy atom. The van der Waals surface area contributed by atoms with Crippen molar-refractivity contribution < 1.29 is 34.2 Å². The van der Waals surface area contributed by atoms with Crippen molar-refractivity contribution in [2.75, 3.05) is 0 Å². The Kier molecular flexibility index (Phi) is 10.3. The van der Waals surface area contributed by atoms with Crippen molar-refractivity contribution in [2.45, 2.75) is 64.3 Å². The summed E-state index contributed by atoms with van der Waals surface area (Å²) in [5.41, 5.74) is 6.04. The van der Waals surface area contributed by atoms with E-state index in [1.165, 1.54) is 39.8 Å². The molecule has 0 radical (unpaired) electrons. The molecule has 33 heavy (non-hydrogen) atoms. The first-order valence-electron chi connectivity index (χ1n) is 10.3. The van der Waals surface area contributed by atoms with Gasteiger partial charge in [-0.2, -0.15) is 0 Å². The molecule has 0 bridgehead atoms. The highest BCUT2D eigenvalue weighted by molar-refractivity contribution is 5.95. The molecule has 0 aliphatic heterocycles. The molecule has 0 fully saturated rings. The van der Waals surface area contributed by atoms with E-state index in [1.807, 2.05) is 0 Å². The van der Waals surface area contributed by atoms with Crippen LogP contribution >= 0.6 is 0 Å². The van der Waals surface area contributed by atoms with Crippen molar-refractivity contribution in [2.24, 2.45) is 5.73 Å². The predicted octanol–water partition coefficient (Wildman–Crippen LogP) is -1.63. The molecule has 0 saturated carbocycles. The van der Waals surface area contributed by atoms with Crippen LogP contribution in [0.4, 0.5) is 0 Å². The average molecular weight is 466 g/mol. The van der Waals surface area contributed by atoms with Gasteiger partial charge in [-0.3, -0.25) is 24.0 Å². The number of aromatic hydroxyl groups is 1. The van der Waals surface area contributed by atoms with Gasteiger partial charge in [0.05, 0.1) is 6.04 Å². The van der Waals surface area contributed by atoms with Crippen LogP contribution in [0.1, 0.15) is 33.3 Å². The molecule has 0 saturated heterocycles. The molecule has 1 rings (SSSR count). The summed E-state index contributed by atoms with van der Waals surface area (Å²) in [6.45, 7) is 5.55. The summed E-state index contributed by atoms with van der Waals surface area (Å²) in [6.07, 6.45) is 0.00566. The minimum absolute atomic E-state index is 0.00566. The highest BCUT2D eigenvalue weighted by atomic mass is 16.4. The maximum atomic E-state index is 12.6. The second-order valence-electron chi connectivity index (χ2n) is 7.75. The molecular weight excluding hydrogens is 434 g/mol. The lowest BCUT2D eigenvalue weighted by atomic mass is 10.0. The Balaban J connectivity index is 2.86. The number of hydrogen-bond acceptors (Lipinski definition) is 7. The van der Waals surface area contributed by atoms with Gasteiger partial charge < -0.3 is 37.2 Å². The lowest BCUT2D eigenvalue weighted by Crippen LogP contribution is -2.57. The van der Waals surface area contributed by atoms with Crippen LogP contribution < -0.4 is 27.0 Å². The number of phenolic OH excluding ortho intramolecular Hbond substituents is 1. The van der Waals surface area contributed by atoms with Crippen molar-refractivity contribution in [3.63, 3.8) is 0 Å². The third kappa shape index (κ3) is 9.15. The van der Waals surface area contributed by atoms with Gasteiger partial charge in [-0.1, -0.05) is 12.1 Å². The molecule has 0 aliphatic carbocycles. The largest absolute Gasteiger partial charge is 0.508 e. The number of benzene rings is 1. The molecule has 4 amide bonds. The summed E-state index contributed by atoms with van der Waals surface area (Å²) >= 11 is 0. The minimum atomic E-state index is -1.25. The molecule has 1 aromatic rings. The lowest BCUT2D eigenvalue weighted by molar-refractivity contribution is -0.141. The van der Waals surface area contributed by atoms with Crippen LogP contribution in [0.15, 0.2) is 24.3 Å². The van der Waals surface area contributed by atoms with E-state index in [-0.39, 0.29) is 12.2 Å². The fourth-order valence-corrected chi connectivity index (χ4v) is 2.56. The van der Waals surface area contributed by atoms with Gasteiger partial charge >= 0.3 is 5.97 Å². The highest BCUT2D eigenvalue weighted by Crippen LogP contribution is 2.12. The number of rotatable bonds is 11. The van der Waals surface area contributed by atoms with Gasteiger partial charge in [0.2, 0.25) is 23.6 Å². The summed E-state index contributed by atoms with van der Waals surface area (Å²) in [5, 5.41) is 28.1. The van der Waals surface area contributed by atoms with Crippen molar-refractivity contribution in [3.05, 3.63) is 29.8 Å². The smallest absolute Gasteiger partial charge is 0.325 e. The highest BCUT2D eigenvalue weighted by Gasteiger charge is 2.28. The normalized spacial score (nSPS) is 15.2. The maximum Gasteiger partial charge on any atom is 0.325 e. The van der Waals surface area contributed by atoms with Gasteiger partial charge in [-0.25, -0.2) is 0 Å². The summed E-state index contributed by atoms with van der Waals surface area (Å²) in [6, 6.07) is 0.743. The molecule has 5 atom stereocenters. The van der Waals surface area contributed by atoms with Crippen molar-refractivity contribution in [1.82, 2.24) is 21.3 Å². The van der Waals surface area contributed by atoms with Gasteiger partial charge in [0.1, 0.15) is 29.9 Å². The molecule has 0 spiro atoms. The Morgan fingerprint density at radius 3 is 1.70 bits per heavy atom. The van der Waals surface area contributed by atoms with Crippen molar-refractivity contribution in [1.29, 1.82) is 0 Å². The zero-order valence-corrected chi connectivity index (χ0v) is 18.9. The molecule has 5 unspecified atom stereocenters. The topological polar surface area (TPSA) is 200 Å². The number of carbonyl (C=O) groups is 5. The van der Waals surface area contributed by atoms with E-state index in [9.17, 15) is 29.1 Å². The third-order valence-electron chi connectivity index (χ3n) is 4.66. The molecule has 0 aliphatic rings. The van der Waals surface area contributed by atoms with E-state index in [2.05, 4.69) is 21.3 Å². The summed E-state index contributed by atoms with van der Waals surface area (Å²) in [5.74, 6) is -3.83. The first-order valence-corrected chi connectivity index (χ1v) is 10.3. The van der Waals surface area contributed by atoms with Crippen LogP contribution in [-0.2, 0) is 30.4 Å². The number of hydrogen-bond donors (Lipinski definition) is 7. The molecule has 182 valence electrons. The summed E-state index contributed by atoms with van der Waals surface area (Å²) < 4.78 is 0. The number of nitrogens with two attached hydrogens (primary N) is 1. The van der Waals surface area contributed by atoms with E-state index >= 15 is 0 Å². The van der Waals surface area contributed by atoms with Crippen molar-refractivity contribution >= 4 is 29.6 Å². The Morgan fingerprint density at radius 1 is 0.758 bits per heavy atom. The molecule has 0 aromatic heterocycles. The molecule has 8 N–H and O–H groups in total. The standard InChI is InChI=1S/C21H31N5O7/c1-10(22)17(28)23-11(2)18(29)24-12(3)19(30)26-16(20(31)25-13(4)21(32)33)9-14-5-7-15(27)8-6-14/h5-8,10-13,16,27H,9,22H2,1-4H3,(H,23,28)(H,24,29)(H,25,31)(H,26,30)(H,32,33). The lowest BCUT2D eigenvalue weighted by Gasteiger charge is -2.23.